The van der Waals surface area contributed by atoms with E-state index in [-0.39, 0.29) is 13.2 Å². The lowest BCUT2D eigenvalue weighted by atomic mass is 10.1. The number of hydrogen-bond donors (Lipinski definition) is 2. The van der Waals surface area contributed by atoms with Crippen LogP contribution in [-0.4, -0.2) is 30.5 Å². The third kappa shape index (κ3) is 5.59. The van der Waals surface area contributed by atoms with E-state index in [0.717, 1.165) is 24.3 Å². The molecule has 2 rings (SSSR count). The molecule has 0 saturated carbocycles. The van der Waals surface area contributed by atoms with Crippen molar-refractivity contribution in [3.8, 4) is 0 Å². The third-order valence-electron chi connectivity index (χ3n) is 3.67. The molecular formula is C19H18F4N2O4. The zero-order chi connectivity index (χ0) is 21.5. The number of anilines is 1. The monoisotopic (exact) mass is 414 g/mol. The largest absolute Gasteiger partial charge is 0.463 e. The molecule has 6 nitrogen and oxygen atoms in total. The first-order valence-electron chi connectivity index (χ1n) is 8.44. The number of rotatable bonds is 7. The fourth-order valence-electron chi connectivity index (χ4n) is 2.33. The van der Waals surface area contributed by atoms with Gasteiger partial charge in [0.15, 0.2) is 0 Å². The van der Waals surface area contributed by atoms with Crippen molar-refractivity contribution in [1.82, 2.24) is 5.32 Å². The Morgan fingerprint density at radius 2 is 1.69 bits per heavy atom. The summed E-state index contributed by atoms with van der Waals surface area (Å²) in [5.74, 6) is -2.67. The van der Waals surface area contributed by atoms with Crippen LogP contribution >= 0.6 is 0 Å². The van der Waals surface area contributed by atoms with Crippen molar-refractivity contribution in [2.45, 2.75) is 25.4 Å². The summed E-state index contributed by atoms with van der Waals surface area (Å²) in [6, 6.07) is 12.2. The molecule has 0 aromatic heterocycles. The Labute approximate surface area is 163 Å². The van der Waals surface area contributed by atoms with E-state index in [9.17, 15) is 27.2 Å². The van der Waals surface area contributed by atoms with Crippen LogP contribution in [0.2, 0.25) is 0 Å². The molecule has 0 aliphatic heterocycles. The molecule has 0 heterocycles. The first-order valence-corrected chi connectivity index (χ1v) is 8.44. The molecule has 29 heavy (non-hydrogen) atoms. The zero-order valence-electron chi connectivity index (χ0n) is 15.3. The molecule has 0 radical (unpaired) electrons. The van der Waals surface area contributed by atoms with Gasteiger partial charge in [-0.05, 0) is 30.7 Å². The number of halogens is 4. The highest BCUT2D eigenvalue weighted by Crippen LogP contribution is 2.33. The number of carbonyl (C=O) groups is 2. The molecule has 10 heteroatoms. The molecule has 0 saturated heterocycles. The highest BCUT2D eigenvalue weighted by atomic mass is 19.4. The number of benzene rings is 2. The van der Waals surface area contributed by atoms with Crippen molar-refractivity contribution in [3.63, 3.8) is 0 Å². The second-order valence-corrected chi connectivity index (χ2v) is 5.79. The van der Waals surface area contributed by atoms with Crippen molar-refractivity contribution in [2.24, 2.45) is 0 Å². The highest BCUT2D eigenvalue weighted by Gasteiger charge is 2.64. The fourth-order valence-corrected chi connectivity index (χ4v) is 2.33. The third-order valence-corrected chi connectivity index (χ3v) is 3.67. The number of alkyl halides is 3. The van der Waals surface area contributed by atoms with E-state index < -0.39 is 35.4 Å². The summed E-state index contributed by atoms with van der Waals surface area (Å²) in [6.07, 6.45) is -6.87. The molecule has 0 unspecified atom stereocenters. The van der Waals surface area contributed by atoms with Gasteiger partial charge in [0, 0.05) is 5.69 Å². The summed E-state index contributed by atoms with van der Waals surface area (Å²) in [5.41, 5.74) is -3.57. The molecule has 0 bridgehead atoms. The maximum Gasteiger partial charge on any atom is 0.442 e. The minimum Gasteiger partial charge on any atom is -0.463 e. The quantitative estimate of drug-likeness (QED) is 0.407. The molecule has 0 spiro atoms. The molecule has 0 aliphatic rings. The lowest BCUT2D eigenvalue weighted by Crippen LogP contribution is -2.69. The van der Waals surface area contributed by atoms with Crippen molar-refractivity contribution in [3.05, 3.63) is 66.0 Å². The minimum absolute atomic E-state index is 0.330. The first kappa shape index (κ1) is 22.0. The standard InChI is InChI=1S/C19H18F4N2O4/c1-2-28-16(26)18(19(21,22)23,24-15-10-6-9-14(20)11-15)25-17(27)29-12-13-7-4-3-5-8-13/h3-11,24H,2,12H2,1H3,(H,25,27)/t18-/m1/s1. The molecule has 2 aromatic carbocycles. The van der Waals surface area contributed by atoms with Crippen molar-refractivity contribution in [2.75, 3.05) is 11.9 Å². The van der Waals surface area contributed by atoms with E-state index in [1.807, 2.05) is 5.32 Å². The zero-order valence-corrected chi connectivity index (χ0v) is 15.3. The lowest BCUT2D eigenvalue weighted by Gasteiger charge is -2.34. The van der Waals surface area contributed by atoms with Gasteiger partial charge in [-0.25, -0.2) is 14.0 Å². The average Bonchev–Trinajstić information content (AvgIpc) is 2.66. The molecule has 156 valence electrons. The Morgan fingerprint density at radius 1 is 1.00 bits per heavy atom. The molecule has 1 atom stereocenters. The summed E-state index contributed by atoms with van der Waals surface area (Å²) in [7, 11) is 0. The van der Waals surface area contributed by atoms with E-state index in [1.165, 1.54) is 12.2 Å². The second-order valence-electron chi connectivity index (χ2n) is 5.79. The summed E-state index contributed by atoms with van der Waals surface area (Å²) in [6.45, 7) is 0.584. The topological polar surface area (TPSA) is 76.7 Å². The number of alkyl carbamates (subject to hydrolysis) is 1. The van der Waals surface area contributed by atoms with E-state index in [0.29, 0.717) is 5.56 Å². The number of hydrogen-bond acceptors (Lipinski definition) is 5. The Morgan fingerprint density at radius 3 is 2.28 bits per heavy atom. The summed E-state index contributed by atoms with van der Waals surface area (Å²) in [4.78, 5) is 24.3. The van der Waals surface area contributed by atoms with Gasteiger partial charge < -0.3 is 14.8 Å². The lowest BCUT2D eigenvalue weighted by molar-refractivity contribution is -0.205. The molecule has 1 amide bonds. The van der Waals surface area contributed by atoms with Gasteiger partial charge in [-0.2, -0.15) is 13.2 Å². The van der Waals surface area contributed by atoms with Crippen LogP contribution in [0.3, 0.4) is 0 Å². The normalized spacial score (nSPS) is 13.1. The van der Waals surface area contributed by atoms with Crippen LogP contribution in [-0.2, 0) is 20.9 Å². The van der Waals surface area contributed by atoms with Crippen LogP contribution < -0.4 is 10.6 Å². The predicted molar refractivity (Wildman–Crippen MR) is 95.2 cm³/mol. The number of esters is 1. The molecule has 2 N–H and O–H groups in total. The Balaban J connectivity index is 2.31. The SMILES string of the molecule is CCOC(=O)[C@](NC(=O)OCc1ccccc1)(Nc1cccc(F)c1)C(F)(F)F. The van der Waals surface area contributed by atoms with Gasteiger partial charge in [-0.1, -0.05) is 36.4 Å². The second kappa shape index (κ2) is 9.26. The summed E-state index contributed by atoms with van der Waals surface area (Å²) in [5, 5.41) is 3.33. The smallest absolute Gasteiger partial charge is 0.442 e. The van der Waals surface area contributed by atoms with Crippen molar-refractivity contribution < 1.29 is 36.6 Å². The van der Waals surface area contributed by atoms with Crippen LogP contribution in [0.5, 0.6) is 0 Å². The Bertz CT molecular complexity index is 846. The summed E-state index contributed by atoms with van der Waals surface area (Å²) < 4.78 is 64.5. The van der Waals surface area contributed by atoms with Crippen LogP contribution in [0.15, 0.2) is 54.6 Å². The van der Waals surface area contributed by atoms with Crippen LogP contribution in [0.4, 0.5) is 28.0 Å². The van der Waals surface area contributed by atoms with Gasteiger partial charge in [0.25, 0.3) is 0 Å². The number of carbonyl (C=O) groups excluding carboxylic acids is 2. The van der Waals surface area contributed by atoms with Gasteiger partial charge in [0.2, 0.25) is 0 Å². The van der Waals surface area contributed by atoms with Crippen LogP contribution in [0, 0.1) is 5.82 Å². The minimum atomic E-state index is -5.35. The van der Waals surface area contributed by atoms with Gasteiger partial charge in [-0.3, -0.25) is 5.32 Å². The molecule has 2 aromatic rings. The van der Waals surface area contributed by atoms with Crippen LogP contribution in [0.25, 0.3) is 0 Å². The maximum absolute atomic E-state index is 13.9. The fraction of sp³-hybridized carbons (Fsp3) is 0.263. The molecular weight excluding hydrogens is 396 g/mol. The van der Waals surface area contributed by atoms with E-state index in [1.54, 1.807) is 30.3 Å². The number of nitrogens with one attached hydrogen (secondary N) is 2. The highest BCUT2D eigenvalue weighted by molar-refractivity contribution is 5.89. The van der Waals surface area contributed by atoms with Crippen molar-refractivity contribution >= 4 is 17.7 Å². The van der Waals surface area contributed by atoms with E-state index >= 15 is 0 Å². The number of amides is 1. The van der Waals surface area contributed by atoms with Crippen LogP contribution in [0.1, 0.15) is 12.5 Å². The van der Waals surface area contributed by atoms with E-state index in [4.69, 9.17) is 4.74 Å². The summed E-state index contributed by atoms with van der Waals surface area (Å²) >= 11 is 0. The molecule has 0 aliphatic carbocycles. The van der Waals surface area contributed by atoms with Gasteiger partial charge >= 0.3 is 23.9 Å². The van der Waals surface area contributed by atoms with Gasteiger partial charge in [-0.15, -0.1) is 0 Å². The predicted octanol–water partition coefficient (Wildman–Crippen LogP) is 3.99. The van der Waals surface area contributed by atoms with E-state index in [2.05, 4.69) is 4.74 Å². The Hall–Kier alpha value is -3.30. The Kier molecular flexibility index (Phi) is 7.03. The number of ether oxygens (including phenoxy) is 2. The van der Waals surface area contributed by atoms with Gasteiger partial charge in [0.05, 0.1) is 6.61 Å². The van der Waals surface area contributed by atoms with Gasteiger partial charge in [0.1, 0.15) is 12.4 Å². The maximum atomic E-state index is 13.9. The average molecular weight is 414 g/mol. The molecule has 0 fully saturated rings. The van der Waals surface area contributed by atoms with Crippen molar-refractivity contribution in [1.29, 1.82) is 0 Å². The first-order chi connectivity index (χ1) is 13.7.